The molecule has 14 heavy (non-hydrogen) atoms. The lowest BCUT2D eigenvalue weighted by molar-refractivity contribution is -0.136. The maximum Gasteiger partial charge on any atom is 0.0570 e. The molecule has 1 aliphatic heterocycles. The van der Waals surface area contributed by atoms with Gasteiger partial charge in [-0.25, -0.2) is 0 Å². The summed E-state index contributed by atoms with van der Waals surface area (Å²) in [5, 5.41) is 9.31. The van der Waals surface area contributed by atoms with Crippen LogP contribution in [0.3, 0.4) is 0 Å². The average Bonchev–Trinajstić information content (AvgIpc) is 2.14. The number of ether oxygens (including phenoxy) is 1. The second-order valence-corrected chi connectivity index (χ2v) is 4.25. The van der Waals surface area contributed by atoms with Crippen molar-refractivity contribution in [2.45, 2.75) is 13.3 Å². The molecule has 0 unspecified atom stereocenters. The highest BCUT2D eigenvalue weighted by Gasteiger charge is 2.38. The average molecular weight is 192 g/mol. The monoisotopic (exact) mass is 192 g/mol. The van der Waals surface area contributed by atoms with Gasteiger partial charge in [-0.2, -0.15) is 0 Å². The van der Waals surface area contributed by atoms with Gasteiger partial charge in [-0.3, -0.25) is 0 Å². The van der Waals surface area contributed by atoms with Crippen molar-refractivity contribution in [3.05, 3.63) is 35.4 Å². The first-order valence-electron chi connectivity index (χ1n) is 4.99. The van der Waals surface area contributed by atoms with Crippen LogP contribution in [0.1, 0.15) is 11.1 Å². The third kappa shape index (κ3) is 1.68. The van der Waals surface area contributed by atoms with Crippen LogP contribution in [0.5, 0.6) is 0 Å². The van der Waals surface area contributed by atoms with Crippen molar-refractivity contribution in [3.63, 3.8) is 0 Å². The lowest BCUT2D eigenvalue weighted by atomic mass is 9.80. The van der Waals surface area contributed by atoms with E-state index in [1.165, 1.54) is 11.1 Å². The molecular weight excluding hydrogens is 176 g/mol. The Balaban J connectivity index is 2.13. The number of benzene rings is 1. The fourth-order valence-electron chi connectivity index (χ4n) is 1.85. The highest BCUT2D eigenvalue weighted by molar-refractivity contribution is 5.27. The first kappa shape index (κ1) is 9.69. The van der Waals surface area contributed by atoms with E-state index in [1.807, 2.05) is 12.1 Å². The molecule has 2 heteroatoms. The zero-order valence-corrected chi connectivity index (χ0v) is 8.49. The van der Waals surface area contributed by atoms with Crippen LogP contribution >= 0.6 is 0 Å². The molecule has 76 valence electrons. The predicted octanol–water partition coefficient (Wildman–Crippen LogP) is 1.55. The number of aryl methyl sites for hydroxylation is 1. The molecule has 1 N–H and O–H groups in total. The minimum Gasteiger partial charge on any atom is -0.396 e. The summed E-state index contributed by atoms with van der Waals surface area (Å²) in [5.41, 5.74) is 2.61. The minimum absolute atomic E-state index is 0.00782. The van der Waals surface area contributed by atoms with E-state index in [1.54, 1.807) is 0 Å². The summed E-state index contributed by atoms with van der Waals surface area (Å²) in [6.07, 6.45) is 0.927. The highest BCUT2D eigenvalue weighted by atomic mass is 16.5. The Morgan fingerprint density at radius 3 is 2.57 bits per heavy atom. The molecule has 0 spiro atoms. The van der Waals surface area contributed by atoms with Crippen LogP contribution in [0.4, 0.5) is 0 Å². The molecule has 2 nitrogen and oxygen atoms in total. The Labute approximate surface area is 84.5 Å². The lowest BCUT2D eigenvalue weighted by Gasteiger charge is -2.40. The molecule has 1 fully saturated rings. The minimum atomic E-state index is -0.00782. The predicted molar refractivity (Wildman–Crippen MR) is 55.2 cm³/mol. The first-order chi connectivity index (χ1) is 6.76. The molecule has 0 aromatic heterocycles. The normalized spacial score (nSPS) is 19.0. The van der Waals surface area contributed by atoms with Crippen LogP contribution in [0, 0.1) is 12.3 Å². The molecule has 1 aromatic rings. The molecule has 1 heterocycles. The van der Waals surface area contributed by atoms with Gasteiger partial charge in [-0.15, -0.1) is 0 Å². The topological polar surface area (TPSA) is 29.5 Å². The third-order valence-corrected chi connectivity index (χ3v) is 2.98. The molecule has 0 radical (unpaired) electrons. The summed E-state index contributed by atoms with van der Waals surface area (Å²) in [7, 11) is 0. The van der Waals surface area contributed by atoms with Crippen LogP contribution in [0.2, 0.25) is 0 Å². The Hall–Kier alpha value is -0.860. The molecule has 0 amide bonds. The van der Waals surface area contributed by atoms with E-state index < -0.39 is 0 Å². The van der Waals surface area contributed by atoms with E-state index >= 15 is 0 Å². The van der Waals surface area contributed by atoms with Gasteiger partial charge in [-0.05, 0) is 24.5 Å². The maximum absolute atomic E-state index is 9.31. The fourth-order valence-corrected chi connectivity index (χ4v) is 1.85. The molecule has 0 saturated carbocycles. The van der Waals surface area contributed by atoms with E-state index in [9.17, 15) is 5.11 Å². The maximum atomic E-state index is 9.31. The van der Waals surface area contributed by atoms with Crippen LogP contribution in [-0.2, 0) is 11.2 Å². The molecular formula is C12H16O2. The Morgan fingerprint density at radius 1 is 1.36 bits per heavy atom. The molecule has 2 rings (SSSR count). The molecule has 1 aliphatic rings. The summed E-state index contributed by atoms with van der Waals surface area (Å²) in [4.78, 5) is 0. The Bertz CT molecular complexity index is 310. The number of rotatable bonds is 3. The van der Waals surface area contributed by atoms with Crippen molar-refractivity contribution in [2.75, 3.05) is 19.8 Å². The van der Waals surface area contributed by atoms with Gasteiger partial charge < -0.3 is 9.84 Å². The zero-order valence-electron chi connectivity index (χ0n) is 8.49. The fraction of sp³-hybridized carbons (Fsp3) is 0.500. The SMILES string of the molecule is Cc1ccccc1CC1(CO)COC1. The number of aliphatic hydroxyl groups excluding tert-OH is 1. The second-order valence-electron chi connectivity index (χ2n) is 4.25. The summed E-state index contributed by atoms with van der Waals surface area (Å²) in [5.74, 6) is 0. The zero-order chi connectivity index (χ0) is 10.0. The van der Waals surface area contributed by atoms with Gasteiger partial charge in [0.1, 0.15) is 0 Å². The molecule has 1 aromatic carbocycles. The highest BCUT2D eigenvalue weighted by Crippen LogP contribution is 2.31. The van der Waals surface area contributed by atoms with E-state index in [4.69, 9.17) is 4.74 Å². The van der Waals surface area contributed by atoms with Crippen LogP contribution in [0.25, 0.3) is 0 Å². The largest absolute Gasteiger partial charge is 0.396 e. The van der Waals surface area contributed by atoms with Crippen molar-refractivity contribution < 1.29 is 9.84 Å². The van der Waals surface area contributed by atoms with E-state index in [-0.39, 0.29) is 12.0 Å². The van der Waals surface area contributed by atoms with Gasteiger partial charge >= 0.3 is 0 Å². The van der Waals surface area contributed by atoms with E-state index in [0.29, 0.717) is 13.2 Å². The summed E-state index contributed by atoms with van der Waals surface area (Å²) >= 11 is 0. The van der Waals surface area contributed by atoms with Crippen molar-refractivity contribution >= 4 is 0 Å². The quantitative estimate of drug-likeness (QED) is 0.787. The van der Waals surface area contributed by atoms with Crippen molar-refractivity contribution in [1.82, 2.24) is 0 Å². The Kier molecular flexibility index (Phi) is 2.57. The van der Waals surface area contributed by atoms with Gasteiger partial charge in [-0.1, -0.05) is 24.3 Å². The van der Waals surface area contributed by atoms with Gasteiger partial charge in [0.15, 0.2) is 0 Å². The van der Waals surface area contributed by atoms with Gasteiger partial charge in [0.25, 0.3) is 0 Å². The van der Waals surface area contributed by atoms with Crippen LogP contribution in [-0.4, -0.2) is 24.9 Å². The summed E-state index contributed by atoms with van der Waals surface area (Å²) in [6.45, 7) is 3.72. The van der Waals surface area contributed by atoms with Gasteiger partial charge in [0.2, 0.25) is 0 Å². The number of hydrogen-bond donors (Lipinski definition) is 1. The van der Waals surface area contributed by atoms with Crippen LogP contribution in [0.15, 0.2) is 24.3 Å². The second kappa shape index (κ2) is 3.71. The van der Waals surface area contributed by atoms with Gasteiger partial charge in [0.05, 0.1) is 19.8 Å². The molecule has 0 atom stereocenters. The smallest absolute Gasteiger partial charge is 0.0570 e. The molecule has 0 bridgehead atoms. The van der Waals surface area contributed by atoms with E-state index in [2.05, 4.69) is 19.1 Å². The molecule has 1 saturated heterocycles. The number of aliphatic hydroxyl groups is 1. The van der Waals surface area contributed by atoms with Crippen molar-refractivity contribution in [1.29, 1.82) is 0 Å². The standard InChI is InChI=1S/C12H16O2/c1-10-4-2-3-5-11(10)6-12(7-13)8-14-9-12/h2-5,13H,6-9H2,1H3. The van der Waals surface area contributed by atoms with Crippen molar-refractivity contribution in [3.8, 4) is 0 Å². The molecule has 0 aliphatic carbocycles. The lowest BCUT2D eigenvalue weighted by Crippen LogP contribution is -2.47. The van der Waals surface area contributed by atoms with Crippen LogP contribution < -0.4 is 0 Å². The first-order valence-corrected chi connectivity index (χ1v) is 4.99. The van der Waals surface area contributed by atoms with E-state index in [0.717, 1.165) is 6.42 Å². The Morgan fingerprint density at radius 2 is 2.07 bits per heavy atom. The number of hydrogen-bond acceptors (Lipinski definition) is 2. The van der Waals surface area contributed by atoms with Gasteiger partial charge in [0, 0.05) is 5.41 Å². The van der Waals surface area contributed by atoms with Crippen molar-refractivity contribution in [2.24, 2.45) is 5.41 Å². The third-order valence-electron chi connectivity index (χ3n) is 2.98. The summed E-state index contributed by atoms with van der Waals surface area (Å²) < 4.78 is 5.18. The summed E-state index contributed by atoms with van der Waals surface area (Å²) in [6, 6.07) is 8.33.